The van der Waals surface area contributed by atoms with Crippen molar-refractivity contribution in [3.63, 3.8) is 0 Å². The Morgan fingerprint density at radius 1 is 1.21 bits per heavy atom. The minimum Gasteiger partial charge on any atom is -0.376 e. The first kappa shape index (κ1) is 16.6. The summed E-state index contributed by atoms with van der Waals surface area (Å²) in [5.41, 5.74) is 1.17. The van der Waals surface area contributed by atoms with E-state index in [2.05, 4.69) is 39.4 Å². The average Bonchev–Trinajstić information content (AvgIpc) is 2.61. The Kier molecular flexibility index (Phi) is 5.59. The quantitative estimate of drug-likeness (QED) is 0.849. The Hall–Kier alpha value is -2.21. The Labute approximate surface area is 143 Å². The average molecular weight is 327 g/mol. The van der Waals surface area contributed by atoms with Gasteiger partial charge >= 0.3 is 0 Å². The van der Waals surface area contributed by atoms with Gasteiger partial charge in [0.05, 0.1) is 12.1 Å². The van der Waals surface area contributed by atoms with Crippen LogP contribution in [0.25, 0.3) is 0 Å². The zero-order chi connectivity index (χ0) is 16.8. The number of nitrogens with zero attached hydrogens (tertiary/aromatic N) is 3. The molecule has 6 heteroatoms. The molecule has 2 N–H and O–H groups in total. The maximum Gasteiger partial charge on any atom is 0.224 e. The van der Waals surface area contributed by atoms with Crippen molar-refractivity contribution < 1.29 is 4.74 Å². The lowest BCUT2D eigenvalue weighted by molar-refractivity contribution is -0.0203. The van der Waals surface area contributed by atoms with E-state index in [0.29, 0.717) is 18.4 Å². The first-order valence-electron chi connectivity index (χ1n) is 8.56. The van der Waals surface area contributed by atoms with Gasteiger partial charge in [-0.25, -0.2) is 4.98 Å². The molecule has 2 unspecified atom stereocenters. The van der Waals surface area contributed by atoms with Gasteiger partial charge in [-0.3, -0.25) is 4.98 Å². The number of aromatic nitrogens is 3. The molecule has 2 atom stereocenters. The Bertz CT molecular complexity index is 634. The lowest BCUT2D eigenvalue weighted by Gasteiger charge is -2.34. The van der Waals surface area contributed by atoms with Crippen molar-refractivity contribution in [3.8, 4) is 0 Å². The topological polar surface area (TPSA) is 72.0 Å². The van der Waals surface area contributed by atoms with Crippen molar-refractivity contribution in [2.75, 3.05) is 17.2 Å². The van der Waals surface area contributed by atoms with Gasteiger partial charge in [-0.05, 0) is 42.5 Å². The Balaban J connectivity index is 1.62. The monoisotopic (exact) mass is 327 g/mol. The van der Waals surface area contributed by atoms with Gasteiger partial charge in [0.15, 0.2) is 0 Å². The molecule has 0 saturated carbocycles. The third-order valence-electron chi connectivity index (χ3n) is 4.22. The number of anilines is 2. The fraction of sp³-hybridized carbons (Fsp3) is 0.500. The summed E-state index contributed by atoms with van der Waals surface area (Å²) >= 11 is 0. The molecule has 2 aromatic heterocycles. The molecule has 0 bridgehead atoms. The molecule has 1 aliphatic heterocycles. The summed E-state index contributed by atoms with van der Waals surface area (Å²) in [5.74, 6) is 1.92. The number of rotatable bonds is 6. The normalized spacial score (nSPS) is 20.8. The molecule has 0 aromatic carbocycles. The summed E-state index contributed by atoms with van der Waals surface area (Å²) in [6.07, 6.45) is 7.72. The van der Waals surface area contributed by atoms with Crippen LogP contribution in [0, 0.1) is 5.92 Å². The molecule has 2 aromatic rings. The molecule has 1 saturated heterocycles. The summed E-state index contributed by atoms with van der Waals surface area (Å²) in [7, 11) is 0. The van der Waals surface area contributed by atoms with E-state index in [1.807, 2.05) is 18.2 Å². The molecular formula is C18H25N5O. The van der Waals surface area contributed by atoms with E-state index in [1.54, 1.807) is 18.6 Å². The SMILES string of the molecule is CC(C)C1OCCCC1Nc1nccc(NCc2ccncc2)n1. The van der Waals surface area contributed by atoms with Gasteiger partial charge < -0.3 is 15.4 Å². The first-order chi connectivity index (χ1) is 11.7. The molecule has 1 fully saturated rings. The predicted octanol–water partition coefficient (Wildman–Crippen LogP) is 3.10. The second-order valence-electron chi connectivity index (χ2n) is 6.45. The minimum atomic E-state index is 0.204. The van der Waals surface area contributed by atoms with E-state index in [4.69, 9.17) is 4.74 Å². The van der Waals surface area contributed by atoms with Gasteiger partial charge in [-0.1, -0.05) is 13.8 Å². The van der Waals surface area contributed by atoms with Crippen LogP contribution in [0.2, 0.25) is 0 Å². The highest BCUT2D eigenvalue weighted by Gasteiger charge is 2.28. The van der Waals surface area contributed by atoms with E-state index in [9.17, 15) is 0 Å². The standard InChI is InChI=1S/C18H25N5O/c1-13(2)17-15(4-3-11-24-17)22-18-20-10-7-16(23-18)21-12-14-5-8-19-9-6-14/h5-10,13,15,17H,3-4,11-12H2,1-2H3,(H2,20,21,22,23). The maximum absolute atomic E-state index is 5.92. The van der Waals surface area contributed by atoms with E-state index >= 15 is 0 Å². The third kappa shape index (κ3) is 4.41. The molecule has 24 heavy (non-hydrogen) atoms. The van der Waals surface area contributed by atoms with Crippen LogP contribution in [-0.2, 0) is 11.3 Å². The molecule has 1 aliphatic rings. The third-order valence-corrected chi connectivity index (χ3v) is 4.22. The number of nitrogens with one attached hydrogen (secondary N) is 2. The van der Waals surface area contributed by atoms with Crippen LogP contribution >= 0.6 is 0 Å². The molecule has 6 nitrogen and oxygen atoms in total. The first-order valence-corrected chi connectivity index (χ1v) is 8.56. The van der Waals surface area contributed by atoms with E-state index < -0.39 is 0 Å². The highest BCUT2D eigenvalue weighted by Crippen LogP contribution is 2.23. The van der Waals surface area contributed by atoms with Crippen molar-refractivity contribution >= 4 is 11.8 Å². The van der Waals surface area contributed by atoms with Crippen LogP contribution in [0.15, 0.2) is 36.8 Å². The lowest BCUT2D eigenvalue weighted by Crippen LogP contribution is -2.43. The van der Waals surface area contributed by atoms with Crippen LogP contribution in [0.5, 0.6) is 0 Å². The van der Waals surface area contributed by atoms with Crippen LogP contribution < -0.4 is 10.6 Å². The van der Waals surface area contributed by atoms with Crippen molar-refractivity contribution in [2.45, 2.75) is 45.4 Å². The van der Waals surface area contributed by atoms with Crippen LogP contribution in [-0.4, -0.2) is 33.7 Å². The van der Waals surface area contributed by atoms with Gasteiger partial charge in [0, 0.05) is 31.7 Å². The molecule has 0 aliphatic carbocycles. The van der Waals surface area contributed by atoms with Crippen molar-refractivity contribution in [1.82, 2.24) is 15.0 Å². The predicted molar refractivity (Wildman–Crippen MR) is 94.8 cm³/mol. The second-order valence-corrected chi connectivity index (χ2v) is 6.45. The largest absolute Gasteiger partial charge is 0.376 e. The highest BCUT2D eigenvalue weighted by atomic mass is 16.5. The lowest BCUT2D eigenvalue weighted by atomic mass is 9.94. The van der Waals surface area contributed by atoms with Crippen molar-refractivity contribution in [3.05, 3.63) is 42.4 Å². The van der Waals surface area contributed by atoms with Crippen LogP contribution in [0.4, 0.5) is 11.8 Å². The van der Waals surface area contributed by atoms with Gasteiger partial charge in [-0.2, -0.15) is 4.98 Å². The van der Waals surface area contributed by atoms with Crippen LogP contribution in [0.1, 0.15) is 32.3 Å². The van der Waals surface area contributed by atoms with Crippen molar-refractivity contribution in [1.29, 1.82) is 0 Å². The number of hydrogen-bond donors (Lipinski definition) is 2. The zero-order valence-electron chi connectivity index (χ0n) is 14.3. The summed E-state index contributed by atoms with van der Waals surface area (Å²) in [5, 5.41) is 6.78. The summed E-state index contributed by atoms with van der Waals surface area (Å²) in [6, 6.07) is 6.11. The Morgan fingerprint density at radius 3 is 2.83 bits per heavy atom. The molecule has 0 spiro atoms. The molecule has 128 valence electrons. The van der Waals surface area contributed by atoms with E-state index in [1.165, 1.54) is 5.56 Å². The smallest absolute Gasteiger partial charge is 0.224 e. The summed E-state index contributed by atoms with van der Waals surface area (Å²) < 4.78 is 5.92. The number of pyridine rings is 1. The molecule has 3 rings (SSSR count). The maximum atomic E-state index is 5.92. The van der Waals surface area contributed by atoms with Gasteiger partial charge in [-0.15, -0.1) is 0 Å². The summed E-state index contributed by atoms with van der Waals surface area (Å²) in [4.78, 5) is 13.0. The van der Waals surface area contributed by atoms with Crippen LogP contribution in [0.3, 0.4) is 0 Å². The Morgan fingerprint density at radius 2 is 2.04 bits per heavy atom. The van der Waals surface area contributed by atoms with Gasteiger partial charge in [0.25, 0.3) is 0 Å². The highest BCUT2D eigenvalue weighted by molar-refractivity contribution is 5.40. The molecular weight excluding hydrogens is 302 g/mol. The molecule has 3 heterocycles. The number of ether oxygens (including phenoxy) is 1. The second kappa shape index (κ2) is 8.06. The van der Waals surface area contributed by atoms with Gasteiger partial charge in [0.2, 0.25) is 5.95 Å². The van der Waals surface area contributed by atoms with Crippen molar-refractivity contribution in [2.24, 2.45) is 5.92 Å². The fourth-order valence-electron chi connectivity index (χ4n) is 3.00. The number of hydrogen-bond acceptors (Lipinski definition) is 6. The van der Waals surface area contributed by atoms with E-state index in [0.717, 1.165) is 25.3 Å². The van der Waals surface area contributed by atoms with E-state index in [-0.39, 0.29) is 12.1 Å². The zero-order valence-corrected chi connectivity index (χ0v) is 14.3. The van der Waals surface area contributed by atoms with Gasteiger partial charge in [0.1, 0.15) is 5.82 Å². The summed E-state index contributed by atoms with van der Waals surface area (Å²) in [6.45, 7) is 5.94. The molecule has 0 amide bonds. The minimum absolute atomic E-state index is 0.204. The fourth-order valence-corrected chi connectivity index (χ4v) is 3.00. The molecule has 0 radical (unpaired) electrons.